The van der Waals surface area contributed by atoms with E-state index in [2.05, 4.69) is 26.9 Å². The van der Waals surface area contributed by atoms with Crippen LogP contribution in [0, 0.1) is 5.92 Å². The number of benzene rings is 1. The van der Waals surface area contributed by atoms with Gasteiger partial charge in [0, 0.05) is 11.9 Å². The van der Waals surface area contributed by atoms with Crippen molar-refractivity contribution in [1.29, 1.82) is 0 Å². The van der Waals surface area contributed by atoms with Gasteiger partial charge < -0.3 is 5.11 Å². The number of piperidine rings is 1. The van der Waals surface area contributed by atoms with E-state index in [1.165, 1.54) is 31.5 Å². The second kappa shape index (κ2) is 5.69. The highest BCUT2D eigenvalue weighted by atomic mass is 79.9. The van der Waals surface area contributed by atoms with E-state index in [0.717, 1.165) is 17.8 Å². The molecule has 0 atom stereocenters. The monoisotopic (exact) mass is 283 g/mol. The lowest BCUT2D eigenvalue weighted by molar-refractivity contribution is 0.187. The lowest BCUT2D eigenvalue weighted by Crippen LogP contribution is -2.33. The van der Waals surface area contributed by atoms with Crippen LogP contribution in [0.2, 0.25) is 0 Å². The summed E-state index contributed by atoms with van der Waals surface area (Å²) in [6.45, 7) is 3.31. The maximum absolute atomic E-state index is 9.40. The Morgan fingerprint density at radius 3 is 2.69 bits per heavy atom. The van der Waals surface area contributed by atoms with E-state index in [0.29, 0.717) is 5.75 Å². The van der Waals surface area contributed by atoms with Crippen molar-refractivity contribution < 1.29 is 5.11 Å². The predicted octanol–water partition coefficient (Wildman–Crippen LogP) is 3.00. The van der Waals surface area contributed by atoms with E-state index in [4.69, 9.17) is 0 Å². The first-order valence-corrected chi connectivity index (χ1v) is 6.96. The molecule has 1 aliphatic rings. The average molecular weight is 284 g/mol. The van der Waals surface area contributed by atoms with Gasteiger partial charge in [-0.05, 0) is 49.5 Å². The third-order valence-electron chi connectivity index (χ3n) is 3.24. The molecule has 0 aromatic heterocycles. The molecule has 1 aromatic rings. The standard InChI is InChI=1S/C13H18BrNO/c14-9-11-4-6-15(7-5-11)10-12-2-1-3-13(16)8-12/h1-3,8,11,16H,4-7,9-10H2. The molecule has 0 spiro atoms. The van der Waals surface area contributed by atoms with Crippen molar-refractivity contribution >= 4 is 15.9 Å². The number of rotatable bonds is 3. The van der Waals surface area contributed by atoms with Crippen LogP contribution >= 0.6 is 15.9 Å². The number of halogens is 1. The minimum Gasteiger partial charge on any atom is -0.508 e. The zero-order valence-electron chi connectivity index (χ0n) is 9.40. The van der Waals surface area contributed by atoms with Gasteiger partial charge in [0.05, 0.1) is 0 Å². The van der Waals surface area contributed by atoms with Crippen molar-refractivity contribution in [2.24, 2.45) is 5.92 Å². The summed E-state index contributed by atoms with van der Waals surface area (Å²) in [6.07, 6.45) is 2.56. The number of likely N-dealkylation sites (tertiary alicyclic amines) is 1. The number of phenolic OH excluding ortho intramolecular Hbond substituents is 1. The third kappa shape index (κ3) is 3.22. The maximum Gasteiger partial charge on any atom is 0.115 e. The number of phenols is 1. The summed E-state index contributed by atoms with van der Waals surface area (Å²) >= 11 is 3.56. The number of alkyl halides is 1. The molecule has 0 bridgehead atoms. The zero-order chi connectivity index (χ0) is 11.4. The Kier molecular flexibility index (Phi) is 4.24. The second-order valence-corrected chi connectivity index (χ2v) is 5.19. The molecule has 1 saturated heterocycles. The Labute approximate surface area is 105 Å². The predicted molar refractivity (Wildman–Crippen MR) is 69.9 cm³/mol. The molecule has 0 radical (unpaired) electrons. The summed E-state index contributed by atoms with van der Waals surface area (Å²) in [5.41, 5.74) is 1.21. The molecule has 16 heavy (non-hydrogen) atoms. The van der Waals surface area contributed by atoms with E-state index in [1.54, 1.807) is 6.07 Å². The minimum atomic E-state index is 0.368. The molecule has 1 heterocycles. The highest BCUT2D eigenvalue weighted by Crippen LogP contribution is 2.21. The molecule has 0 saturated carbocycles. The maximum atomic E-state index is 9.40. The van der Waals surface area contributed by atoms with Crippen molar-refractivity contribution in [3.8, 4) is 5.75 Å². The molecule has 1 aliphatic heterocycles. The Morgan fingerprint density at radius 2 is 2.06 bits per heavy atom. The van der Waals surface area contributed by atoms with Gasteiger partial charge in [-0.3, -0.25) is 4.90 Å². The summed E-state index contributed by atoms with van der Waals surface area (Å²) in [5.74, 6) is 1.22. The first-order valence-electron chi connectivity index (χ1n) is 5.84. The van der Waals surface area contributed by atoms with Gasteiger partial charge in [0.1, 0.15) is 5.75 Å². The molecule has 0 aliphatic carbocycles. The summed E-state index contributed by atoms with van der Waals surface area (Å²) in [7, 11) is 0. The van der Waals surface area contributed by atoms with E-state index in [9.17, 15) is 5.11 Å². The van der Waals surface area contributed by atoms with Crippen LogP contribution in [0.25, 0.3) is 0 Å². The first-order chi connectivity index (χ1) is 7.78. The summed E-state index contributed by atoms with van der Waals surface area (Å²) in [4.78, 5) is 2.47. The highest BCUT2D eigenvalue weighted by molar-refractivity contribution is 9.09. The molecule has 3 heteroatoms. The van der Waals surface area contributed by atoms with Crippen molar-refractivity contribution in [1.82, 2.24) is 4.90 Å². The fourth-order valence-corrected chi connectivity index (χ4v) is 2.86. The smallest absolute Gasteiger partial charge is 0.115 e. The zero-order valence-corrected chi connectivity index (χ0v) is 11.0. The highest BCUT2D eigenvalue weighted by Gasteiger charge is 2.17. The molecule has 0 unspecified atom stereocenters. The molecule has 0 amide bonds. The van der Waals surface area contributed by atoms with Gasteiger partial charge in [0.15, 0.2) is 0 Å². The van der Waals surface area contributed by atoms with Crippen molar-refractivity contribution in [3.05, 3.63) is 29.8 Å². The largest absolute Gasteiger partial charge is 0.508 e. The van der Waals surface area contributed by atoms with Crippen LogP contribution in [0.3, 0.4) is 0 Å². The Hall–Kier alpha value is -0.540. The number of hydrogen-bond donors (Lipinski definition) is 1. The number of aromatic hydroxyl groups is 1. The molecule has 1 aromatic carbocycles. The van der Waals surface area contributed by atoms with Gasteiger partial charge in [0.25, 0.3) is 0 Å². The van der Waals surface area contributed by atoms with Gasteiger partial charge >= 0.3 is 0 Å². The molecular formula is C13H18BrNO. The average Bonchev–Trinajstić information content (AvgIpc) is 2.30. The van der Waals surface area contributed by atoms with E-state index >= 15 is 0 Å². The quantitative estimate of drug-likeness (QED) is 0.862. The SMILES string of the molecule is Oc1cccc(CN2CCC(CBr)CC2)c1. The first kappa shape index (κ1) is 11.9. The van der Waals surface area contributed by atoms with Gasteiger partial charge in [-0.1, -0.05) is 28.1 Å². The Balaban J connectivity index is 1.87. The lowest BCUT2D eigenvalue weighted by Gasteiger charge is -2.31. The van der Waals surface area contributed by atoms with Gasteiger partial charge in [0.2, 0.25) is 0 Å². The van der Waals surface area contributed by atoms with Crippen LogP contribution in [0.4, 0.5) is 0 Å². The minimum absolute atomic E-state index is 0.368. The lowest BCUT2D eigenvalue weighted by atomic mass is 9.99. The van der Waals surface area contributed by atoms with Crippen LogP contribution in [-0.2, 0) is 6.54 Å². The molecular weight excluding hydrogens is 266 g/mol. The molecule has 2 rings (SSSR count). The van der Waals surface area contributed by atoms with Gasteiger partial charge in [-0.15, -0.1) is 0 Å². The topological polar surface area (TPSA) is 23.5 Å². The summed E-state index contributed by atoms with van der Waals surface area (Å²) in [6, 6.07) is 7.57. The normalized spacial score (nSPS) is 18.8. The van der Waals surface area contributed by atoms with E-state index < -0.39 is 0 Å². The van der Waals surface area contributed by atoms with E-state index in [1.807, 2.05) is 12.1 Å². The Morgan fingerprint density at radius 1 is 1.31 bits per heavy atom. The summed E-state index contributed by atoms with van der Waals surface area (Å²) < 4.78 is 0. The number of hydrogen-bond acceptors (Lipinski definition) is 2. The molecule has 2 nitrogen and oxygen atoms in total. The van der Waals surface area contributed by atoms with Crippen LogP contribution in [-0.4, -0.2) is 28.4 Å². The van der Waals surface area contributed by atoms with Crippen molar-refractivity contribution in [3.63, 3.8) is 0 Å². The number of nitrogens with zero attached hydrogens (tertiary/aromatic N) is 1. The Bertz CT molecular complexity index is 334. The fraction of sp³-hybridized carbons (Fsp3) is 0.538. The van der Waals surface area contributed by atoms with Crippen LogP contribution in [0.5, 0.6) is 5.75 Å². The van der Waals surface area contributed by atoms with Crippen LogP contribution in [0.15, 0.2) is 24.3 Å². The van der Waals surface area contributed by atoms with Crippen molar-refractivity contribution in [2.45, 2.75) is 19.4 Å². The second-order valence-electron chi connectivity index (χ2n) is 4.54. The fourth-order valence-electron chi connectivity index (χ4n) is 2.21. The molecule has 1 fully saturated rings. The van der Waals surface area contributed by atoms with E-state index in [-0.39, 0.29) is 0 Å². The summed E-state index contributed by atoms with van der Waals surface area (Å²) in [5, 5.41) is 10.5. The molecule has 88 valence electrons. The van der Waals surface area contributed by atoms with Crippen molar-refractivity contribution in [2.75, 3.05) is 18.4 Å². The molecule has 1 N–H and O–H groups in total. The van der Waals surface area contributed by atoms with Gasteiger partial charge in [-0.2, -0.15) is 0 Å². The van der Waals surface area contributed by atoms with Gasteiger partial charge in [-0.25, -0.2) is 0 Å². The third-order valence-corrected chi connectivity index (χ3v) is 4.16. The van der Waals surface area contributed by atoms with Crippen LogP contribution in [0.1, 0.15) is 18.4 Å². The van der Waals surface area contributed by atoms with Crippen LogP contribution < -0.4 is 0 Å².